The molecule has 0 aliphatic heterocycles. The van der Waals surface area contributed by atoms with Crippen LogP contribution in [-0.4, -0.2) is 49.9 Å². The highest BCUT2D eigenvalue weighted by Crippen LogP contribution is 2.43. The Morgan fingerprint density at radius 2 is 1.50 bits per heavy atom. The van der Waals surface area contributed by atoms with E-state index in [1.54, 1.807) is 0 Å². The van der Waals surface area contributed by atoms with Crippen LogP contribution in [0.5, 0.6) is 0 Å². The van der Waals surface area contributed by atoms with E-state index in [-0.39, 0.29) is 32.3 Å². The molecule has 0 spiro atoms. The molecule has 8 nitrogen and oxygen atoms in total. The van der Waals surface area contributed by atoms with Gasteiger partial charge in [0.05, 0.1) is 19.8 Å². The maximum atomic E-state index is 12.1. The van der Waals surface area contributed by atoms with E-state index < -0.39 is 13.9 Å². The average Bonchev–Trinajstić information content (AvgIpc) is 2.81. The smallest absolute Gasteiger partial charge is 0.457 e. The first kappa shape index (κ1) is 33.2. The minimum absolute atomic E-state index is 0.0958. The Kier molecular flexibility index (Phi) is 23.4. The molecule has 0 aromatic carbocycles. The first-order valence-electron chi connectivity index (χ1n) is 13.2. The number of phosphoric ester groups is 1. The molecular weight excluding hydrogens is 457 g/mol. The molecule has 0 saturated heterocycles. The normalized spacial score (nSPS) is 14.4. The number of unbranched alkanes of at least 4 members (excludes halogenated alkanes) is 10. The number of hydrogen-bond donors (Lipinski definition) is 2. The van der Waals surface area contributed by atoms with Gasteiger partial charge in [-0.1, -0.05) is 77.4 Å². The van der Waals surface area contributed by atoms with Crippen LogP contribution in [0.15, 0.2) is 12.2 Å². The number of ether oxygens (including phenoxy) is 2. The molecule has 0 rings (SSSR count). The number of phosphoric acid groups is 1. The number of carbonyl (C=O) groups excluding carboxylic acids is 1. The summed E-state index contributed by atoms with van der Waals surface area (Å²) in [4.78, 5) is 21.7. The van der Waals surface area contributed by atoms with Crippen molar-refractivity contribution in [3.05, 3.63) is 12.2 Å². The summed E-state index contributed by atoms with van der Waals surface area (Å²) in [5.41, 5.74) is 5.28. The second kappa shape index (κ2) is 24.0. The zero-order valence-corrected chi connectivity index (χ0v) is 22.5. The highest BCUT2D eigenvalue weighted by Gasteiger charge is 2.25. The molecule has 2 unspecified atom stereocenters. The quantitative estimate of drug-likeness (QED) is 0.0662. The maximum absolute atomic E-state index is 12.1. The van der Waals surface area contributed by atoms with E-state index in [0.717, 1.165) is 32.1 Å². The lowest BCUT2D eigenvalue weighted by Crippen LogP contribution is -2.28. The summed E-state index contributed by atoms with van der Waals surface area (Å²) >= 11 is 0. The van der Waals surface area contributed by atoms with Crippen molar-refractivity contribution in [2.75, 3.05) is 33.0 Å². The molecule has 2 atom stereocenters. The molecule has 0 bridgehead atoms. The Balaban J connectivity index is 4.06. The molecule has 0 aliphatic carbocycles. The Bertz CT molecular complexity index is 545. The molecule has 0 amide bonds. The molecule has 0 radical (unpaired) electrons. The van der Waals surface area contributed by atoms with Gasteiger partial charge in [0.2, 0.25) is 0 Å². The van der Waals surface area contributed by atoms with Crippen LogP contribution in [0.4, 0.5) is 0 Å². The first-order valence-corrected chi connectivity index (χ1v) is 14.7. The Labute approximate surface area is 207 Å². The van der Waals surface area contributed by atoms with Crippen molar-refractivity contribution >= 4 is 13.8 Å². The van der Waals surface area contributed by atoms with Crippen molar-refractivity contribution in [3.63, 3.8) is 0 Å². The van der Waals surface area contributed by atoms with Gasteiger partial charge >= 0.3 is 13.8 Å². The predicted molar refractivity (Wildman–Crippen MR) is 137 cm³/mol. The van der Waals surface area contributed by atoms with Crippen LogP contribution in [-0.2, 0) is 27.9 Å². The average molecular weight is 508 g/mol. The van der Waals surface area contributed by atoms with Gasteiger partial charge in [0.25, 0.3) is 0 Å². The SMILES string of the molecule is CCCC/C=C\CCCCCCCCOCC(COP(=O)(O)OCCN)OC(=O)CCCCC. The molecule has 0 aromatic rings. The lowest BCUT2D eigenvalue weighted by atomic mass is 10.1. The molecule has 0 aromatic heterocycles. The first-order chi connectivity index (χ1) is 16.4. The van der Waals surface area contributed by atoms with Crippen molar-refractivity contribution in [2.24, 2.45) is 5.73 Å². The van der Waals surface area contributed by atoms with E-state index in [0.29, 0.717) is 13.0 Å². The van der Waals surface area contributed by atoms with Crippen LogP contribution in [0.3, 0.4) is 0 Å². The molecule has 202 valence electrons. The zero-order valence-electron chi connectivity index (χ0n) is 21.6. The largest absolute Gasteiger partial charge is 0.472 e. The zero-order chi connectivity index (χ0) is 25.3. The Morgan fingerprint density at radius 3 is 2.18 bits per heavy atom. The molecular formula is C25H50NO7P. The van der Waals surface area contributed by atoms with Crippen molar-refractivity contribution in [3.8, 4) is 0 Å². The summed E-state index contributed by atoms with van der Waals surface area (Å²) in [5, 5.41) is 0. The lowest BCUT2D eigenvalue weighted by molar-refractivity contribution is -0.154. The van der Waals surface area contributed by atoms with Crippen LogP contribution >= 0.6 is 7.82 Å². The molecule has 0 heterocycles. The molecule has 0 fully saturated rings. The second-order valence-corrected chi connectivity index (χ2v) is 10.0. The second-order valence-electron chi connectivity index (χ2n) is 8.55. The summed E-state index contributed by atoms with van der Waals surface area (Å²) in [5.74, 6) is -0.360. The van der Waals surface area contributed by atoms with E-state index in [9.17, 15) is 14.3 Å². The van der Waals surface area contributed by atoms with Gasteiger partial charge in [-0.2, -0.15) is 0 Å². The number of carbonyl (C=O) groups is 1. The summed E-state index contributed by atoms with van der Waals surface area (Å²) in [6.45, 7) is 4.66. The van der Waals surface area contributed by atoms with Crippen LogP contribution in [0, 0.1) is 0 Å². The fourth-order valence-electron chi connectivity index (χ4n) is 3.21. The third kappa shape index (κ3) is 23.0. The van der Waals surface area contributed by atoms with Crippen molar-refractivity contribution < 1.29 is 32.8 Å². The summed E-state index contributed by atoms with van der Waals surface area (Å²) in [6, 6.07) is 0. The standard InChI is InChI=1S/C25H50NO7P/c1-3-5-7-8-9-10-11-12-13-14-15-17-20-30-22-24(33-25(27)18-16-6-4-2)23-32-34(28,29)31-21-19-26/h8-9,24H,3-7,10-23,26H2,1-2H3,(H,28,29)/b9-8-. The van der Waals surface area contributed by atoms with E-state index in [1.165, 1.54) is 51.4 Å². The topological polar surface area (TPSA) is 117 Å². The van der Waals surface area contributed by atoms with Gasteiger partial charge in [-0.25, -0.2) is 4.57 Å². The number of esters is 1. The maximum Gasteiger partial charge on any atom is 0.472 e. The third-order valence-corrected chi connectivity index (χ3v) is 6.17. The van der Waals surface area contributed by atoms with Crippen molar-refractivity contribution in [1.82, 2.24) is 0 Å². The van der Waals surface area contributed by atoms with Gasteiger partial charge < -0.3 is 20.1 Å². The summed E-state index contributed by atoms with van der Waals surface area (Å²) in [7, 11) is -4.24. The fourth-order valence-corrected chi connectivity index (χ4v) is 3.97. The van der Waals surface area contributed by atoms with E-state index in [4.69, 9.17) is 24.3 Å². The Hall–Kier alpha value is -0.760. The van der Waals surface area contributed by atoms with Gasteiger partial charge in [-0.3, -0.25) is 13.8 Å². The molecule has 34 heavy (non-hydrogen) atoms. The van der Waals surface area contributed by atoms with Crippen LogP contribution in [0.2, 0.25) is 0 Å². The Morgan fingerprint density at radius 1 is 0.853 bits per heavy atom. The number of rotatable bonds is 25. The van der Waals surface area contributed by atoms with Gasteiger partial charge in [-0.05, 0) is 32.1 Å². The third-order valence-electron chi connectivity index (χ3n) is 5.18. The van der Waals surface area contributed by atoms with Gasteiger partial charge in [0, 0.05) is 19.6 Å². The van der Waals surface area contributed by atoms with Crippen LogP contribution in [0.1, 0.15) is 104 Å². The molecule has 0 saturated carbocycles. The monoisotopic (exact) mass is 507 g/mol. The van der Waals surface area contributed by atoms with Gasteiger partial charge in [0.1, 0.15) is 6.10 Å². The van der Waals surface area contributed by atoms with Crippen molar-refractivity contribution in [1.29, 1.82) is 0 Å². The molecule has 3 N–H and O–H groups in total. The van der Waals surface area contributed by atoms with Crippen LogP contribution in [0.25, 0.3) is 0 Å². The molecule has 9 heteroatoms. The minimum atomic E-state index is -4.24. The van der Waals surface area contributed by atoms with Gasteiger partial charge in [-0.15, -0.1) is 0 Å². The number of allylic oxidation sites excluding steroid dienone is 2. The van der Waals surface area contributed by atoms with E-state index in [1.807, 2.05) is 0 Å². The highest BCUT2D eigenvalue weighted by atomic mass is 31.2. The van der Waals surface area contributed by atoms with Crippen molar-refractivity contribution in [2.45, 2.75) is 110 Å². The predicted octanol–water partition coefficient (Wildman–Crippen LogP) is 6.06. The molecule has 0 aliphatic rings. The fraction of sp³-hybridized carbons (Fsp3) is 0.880. The summed E-state index contributed by atoms with van der Waals surface area (Å²) in [6.07, 6.45) is 18.6. The number of hydrogen-bond acceptors (Lipinski definition) is 7. The van der Waals surface area contributed by atoms with Gasteiger partial charge in [0.15, 0.2) is 0 Å². The number of nitrogens with two attached hydrogens (primary N) is 1. The highest BCUT2D eigenvalue weighted by molar-refractivity contribution is 7.47. The van der Waals surface area contributed by atoms with Crippen LogP contribution < -0.4 is 5.73 Å². The lowest BCUT2D eigenvalue weighted by Gasteiger charge is -2.20. The summed E-state index contributed by atoms with van der Waals surface area (Å²) < 4.78 is 32.6. The van der Waals surface area contributed by atoms with E-state index in [2.05, 4.69) is 26.0 Å². The minimum Gasteiger partial charge on any atom is -0.457 e. The van der Waals surface area contributed by atoms with E-state index >= 15 is 0 Å².